The van der Waals surface area contributed by atoms with Gasteiger partial charge >= 0.3 is 0 Å². The van der Waals surface area contributed by atoms with Gasteiger partial charge in [0, 0.05) is 49.2 Å². The molecule has 0 radical (unpaired) electrons. The maximum atomic E-state index is 6.73. The summed E-state index contributed by atoms with van der Waals surface area (Å²) in [4.78, 5) is 15.5. The molecule has 10 aromatic rings. The summed E-state index contributed by atoms with van der Waals surface area (Å²) in [5, 5.41) is 8.90. The Labute approximate surface area is 309 Å². The van der Waals surface area contributed by atoms with Gasteiger partial charge in [0.1, 0.15) is 28.8 Å². The lowest BCUT2D eigenvalue weighted by Crippen LogP contribution is -2.34. The lowest BCUT2D eigenvalue weighted by atomic mass is 9.91. The molecule has 254 valence electrons. The van der Waals surface area contributed by atoms with Crippen LogP contribution < -0.4 is 5.32 Å². The topological polar surface area (TPSA) is 75.9 Å². The number of aliphatic imine (C=N–C) groups is 2. The van der Waals surface area contributed by atoms with Crippen molar-refractivity contribution in [3.05, 3.63) is 187 Å². The number of pyridine rings is 1. The van der Waals surface area contributed by atoms with Gasteiger partial charge in [-0.25, -0.2) is 15.0 Å². The molecule has 0 saturated carbocycles. The lowest BCUT2D eigenvalue weighted by molar-refractivity contribution is 0.657. The second-order valence-corrected chi connectivity index (χ2v) is 13.6. The number of benzene rings is 7. The number of furan rings is 2. The first-order chi connectivity index (χ1) is 26.8. The van der Waals surface area contributed by atoms with Gasteiger partial charge in [0.2, 0.25) is 5.71 Å². The average molecular weight is 695 g/mol. The SMILES string of the molecule is c1ccc(C2=NC(c3cccc4oc5ccccc5c34)NC(c3ccccc3-c3ccc(-c4ccccc4)c4oc5nc6ccccc6cc5c34)=N2)cc1. The maximum Gasteiger partial charge on any atom is 0.227 e. The summed E-state index contributed by atoms with van der Waals surface area (Å²) in [6.45, 7) is 0. The van der Waals surface area contributed by atoms with Gasteiger partial charge in [0.25, 0.3) is 0 Å². The minimum atomic E-state index is -0.434. The second kappa shape index (κ2) is 12.1. The number of aromatic nitrogens is 1. The molecule has 1 atom stereocenters. The zero-order valence-electron chi connectivity index (χ0n) is 28.9. The normalized spacial score (nSPS) is 14.5. The van der Waals surface area contributed by atoms with Gasteiger partial charge in [-0.15, -0.1) is 0 Å². The summed E-state index contributed by atoms with van der Waals surface area (Å²) in [5.74, 6) is 1.38. The standard InChI is InChI=1S/C48H30N4O2/c1-3-14-29(15-4-1)32-26-27-34(43-38-28-31-18-7-11-23-39(31)49-48(38)54-44(32)43)33-19-8-9-20-35(33)46-50-45(30-16-5-2-6-17-30)51-47(52-46)37-22-13-25-41-42(37)36-21-10-12-24-40(36)53-41/h1-28,47H,(H,50,51,52). The van der Waals surface area contributed by atoms with E-state index >= 15 is 0 Å². The van der Waals surface area contributed by atoms with E-state index in [1.165, 1.54) is 0 Å². The Balaban J connectivity index is 1.14. The fourth-order valence-electron chi connectivity index (χ4n) is 7.89. The zero-order valence-corrected chi connectivity index (χ0v) is 28.9. The van der Waals surface area contributed by atoms with E-state index in [0.29, 0.717) is 11.5 Å². The molecule has 1 unspecified atom stereocenters. The highest BCUT2D eigenvalue weighted by atomic mass is 16.3. The summed E-state index contributed by atoms with van der Waals surface area (Å²) in [6, 6.07) is 58.1. The van der Waals surface area contributed by atoms with E-state index in [-0.39, 0.29) is 0 Å². The molecular weight excluding hydrogens is 665 g/mol. The predicted octanol–water partition coefficient (Wildman–Crippen LogP) is 11.9. The van der Waals surface area contributed by atoms with Gasteiger partial charge < -0.3 is 14.2 Å². The minimum Gasteiger partial charge on any atom is -0.456 e. The van der Waals surface area contributed by atoms with E-state index in [1.54, 1.807) is 0 Å². The fraction of sp³-hybridized carbons (Fsp3) is 0.0208. The Bertz CT molecular complexity index is 3140. The van der Waals surface area contributed by atoms with Crippen LogP contribution in [-0.2, 0) is 0 Å². The largest absolute Gasteiger partial charge is 0.456 e. The highest BCUT2D eigenvalue weighted by molar-refractivity contribution is 6.21. The van der Waals surface area contributed by atoms with Gasteiger partial charge in [-0.2, -0.15) is 0 Å². The quantitative estimate of drug-likeness (QED) is 0.195. The first-order valence-corrected chi connectivity index (χ1v) is 18.1. The van der Waals surface area contributed by atoms with E-state index < -0.39 is 6.17 Å². The summed E-state index contributed by atoms with van der Waals surface area (Å²) >= 11 is 0. The van der Waals surface area contributed by atoms with Crippen molar-refractivity contribution in [2.24, 2.45) is 9.98 Å². The third-order valence-corrected chi connectivity index (χ3v) is 10.4. The summed E-state index contributed by atoms with van der Waals surface area (Å²) in [6.07, 6.45) is -0.434. The van der Waals surface area contributed by atoms with Gasteiger partial charge in [-0.3, -0.25) is 0 Å². The third-order valence-electron chi connectivity index (χ3n) is 10.4. The van der Waals surface area contributed by atoms with Gasteiger partial charge in [0.15, 0.2) is 5.84 Å². The van der Waals surface area contributed by atoms with Crippen molar-refractivity contribution in [1.82, 2.24) is 10.3 Å². The van der Waals surface area contributed by atoms with Crippen molar-refractivity contribution in [2.75, 3.05) is 0 Å². The molecule has 6 nitrogen and oxygen atoms in total. The molecule has 6 heteroatoms. The van der Waals surface area contributed by atoms with Crippen molar-refractivity contribution in [1.29, 1.82) is 0 Å². The summed E-state index contributed by atoms with van der Waals surface area (Å²) in [7, 11) is 0. The molecule has 0 aliphatic carbocycles. The van der Waals surface area contributed by atoms with Crippen LogP contribution in [0, 0.1) is 0 Å². The minimum absolute atomic E-state index is 0.434. The fourth-order valence-corrected chi connectivity index (χ4v) is 7.89. The van der Waals surface area contributed by atoms with Crippen LogP contribution in [0.4, 0.5) is 0 Å². The number of para-hydroxylation sites is 2. The molecule has 1 N–H and O–H groups in total. The number of nitrogens with zero attached hydrogens (tertiary/aromatic N) is 3. The molecule has 0 saturated heterocycles. The number of hydrogen-bond acceptors (Lipinski definition) is 6. The van der Waals surface area contributed by atoms with E-state index in [1.807, 2.05) is 72.8 Å². The van der Waals surface area contributed by atoms with E-state index in [9.17, 15) is 0 Å². The third kappa shape index (κ3) is 4.85. The molecule has 11 rings (SSSR count). The number of nitrogens with one attached hydrogen (secondary N) is 1. The number of amidine groups is 2. The Morgan fingerprint density at radius 3 is 2.07 bits per heavy atom. The Morgan fingerprint density at radius 2 is 1.20 bits per heavy atom. The summed E-state index contributed by atoms with van der Waals surface area (Å²) < 4.78 is 13.0. The van der Waals surface area contributed by atoms with Crippen LogP contribution in [0.1, 0.15) is 22.9 Å². The molecule has 1 aliphatic heterocycles. The number of rotatable bonds is 5. The Morgan fingerprint density at radius 1 is 0.500 bits per heavy atom. The van der Waals surface area contributed by atoms with Crippen molar-refractivity contribution in [2.45, 2.75) is 6.17 Å². The molecular formula is C48H30N4O2. The van der Waals surface area contributed by atoms with E-state index in [2.05, 4.69) is 102 Å². The van der Waals surface area contributed by atoms with Crippen LogP contribution in [0.3, 0.4) is 0 Å². The first kappa shape index (κ1) is 30.3. The molecule has 0 bridgehead atoms. The van der Waals surface area contributed by atoms with Crippen LogP contribution in [0.5, 0.6) is 0 Å². The molecule has 0 spiro atoms. The predicted molar refractivity (Wildman–Crippen MR) is 219 cm³/mol. The van der Waals surface area contributed by atoms with Crippen LogP contribution in [0.15, 0.2) is 189 Å². The smallest absolute Gasteiger partial charge is 0.227 e. The molecule has 0 fully saturated rings. The molecule has 54 heavy (non-hydrogen) atoms. The van der Waals surface area contributed by atoms with Crippen LogP contribution in [0.25, 0.3) is 77.2 Å². The first-order valence-electron chi connectivity index (χ1n) is 18.1. The molecule has 3 aromatic heterocycles. The van der Waals surface area contributed by atoms with Gasteiger partial charge in [0.05, 0.1) is 5.52 Å². The maximum absolute atomic E-state index is 6.73. The second-order valence-electron chi connectivity index (χ2n) is 13.6. The van der Waals surface area contributed by atoms with Crippen LogP contribution >= 0.6 is 0 Å². The Kier molecular flexibility index (Phi) is 6.82. The number of hydrogen-bond donors (Lipinski definition) is 1. The molecule has 1 aliphatic rings. The highest BCUT2D eigenvalue weighted by Gasteiger charge is 2.27. The summed E-state index contributed by atoms with van der Waals surface area (Å²) in [5.41, 5.74) is 11.0. The van der Waals surface area contributed by atoms with E-state index in [4.69, 9.17) is 23.8 Å². The van der Waals surface area contributed by atoms with Crippen molar-refractivity contribution in [3.63, 3.8) is 0 Å². The average Bonchev–Trinajstić information content (AvgIpc) is 3.81. The van der Waals surface area contributed by atoms with Crippen molar-refractivity contribution < 1.29 is 8.83 Å². The van der Waals surface area contributed by atoms with Gasteiger partial charge in [-0.1, -0.05) is 140 Å². The van der Waals surface area contributed by atoms with Crippen molar-refractivity contribution in [3.8, 4) is 22.3 Å². The van der Waals surface area contributed by atoms with Crippen molar-refractivity contribution >= 4 is 66.6 Å². The van der Waals surface area contributed by atoms with Crippen LogP contribution in [-0.4, -0.2) is 16.7 Å². The van der Waals surface area contributed by atoms with E-state index in [0.717, 1.165) is 94.0 Å². The molecule has 4 heterocycles. The van der Waals surface area contributed by atoms with Crippen LogP contribution in [0.2, 0.25) is 0 Å². The molecule has 0 amide bonds. The molecule has 7 aromatic carbocycles. The monoisotopic (exact) mass is 694 g/mol. The highest BCUT2D eigenvalue weighted by Crippen LogP contribution is 2.43. The van der Waals surface area contributed by atoms with Gasteiger partial charge in [-0.05, 0) is 47.0 Å². The number of fused-ring (bicyclic) bond motifs is 7. The Hall–Kier alpha value is -7.31. The zero-order chi connectivity index (χ0) is 35.6. The lowest BCUT2D eigenvalue weighted by Gasteiger charge is -2.25.